The van der Waals surface area contributed by atoms with E-state index in [1.807, 2.05) is 6.92 Å². The van der Waals surface area contributed by atoms with Crippen molar-refractivity contribution in [2.75, 3.05) is 13.2 Å². The molecule has 2 nitrogen and oxygen atoms in total. The Balaban J connectivity index is 2.22. The monoisotopic (exact) mass is 219 g/mol. The van der Waals surface area contributed by atoms with E-state index in [9.17, 15) is 0 Å². The molecule has 0 bridgehead atoms. The fraction of sp³-hybridized carbons (Fsp3) is 0.571. The Morgan fingerprint density at radius 3 is 3.00 bits per heavy atom. The molecule has 0 amide bonds. The van der Waals surface area contributed by atoms with Gasteiger partial charge in [-0.3, -0.25) is 0 Å². The number of hydrogen-bond acceptors (Lipinski definition) is 2. The van der Waals surface area contributed by atoms with Crippen LogP contribution in [-0.2, 0) is 6.42 Å². The first-order valence-corrected chi connectivity index (χ1v) is 6.34. The van der Waals surface area contributed by atoms with Crippen LogP contribution in [0.15, 0.2) is 18.2 Å². The van der Waals surface area contributed by atoms with Crippen molar-refractivity contribution in [1.82, 2.24) is 5.32 Å². The second kappa shape index (κ2) is 5.35. The highest BCUT2D eigenvalue weighted by Crippen LogP contribution is 2.32. The second-order valence-electron chi connectivity index (χ2n) is 4.30. The highest BCUT2D eigenvalue weighted by atomic mass is 16.5. The highest BCUT2D eigenvalue weighted by Gasteiger charge is 2.19. The van der Waals surface area contributed by atoms with E-state index < -0.39 is 0 Å². The predicted octanol–water partition coefficient (Wildman–Crippen LogP) is 3.07. The maximum atomic E-state index is 5.55. The molecular weight excluding hydrogens is 198 g/mol. The fourth-order valence-electron chi connectivity index (χ4n) is 2.51. The Morgan fingerprint density at radius 1 is 1.38 bits per heavy atom. The van der Waals surface area contributed by atoms with Gasteiger partial charge < -0.3 is 10.1 Å². The summed E-state index contributed by atoms with van der Waals surface area (Å²) < 4.78 is 5.55. The molecule has 0 saturated heterocycles. The Bertz CT molecular complexity index is 349. The van der Waals surface area contributed by atoms with Crippen molar-refractivity contribution in [2.24, 2.45) is 0 Å². The topological polar surface area (TPSA) is 21.3 Å². The number of fused-ring (bicyclic) bond motifs is 1. The van der Waals surface area contributed by atoms with Gasteiger partial charge in [-0.25, -0.2) is 0 Å². The minimum absolute atomic E-state index is 0.546. The number of nitrogens with one attached hydrogen (secondary N) is 1. The quantitative estimate of drug-likeness (QED) is 0.840. The van der Waals surface area contributed by atoms with Crippen LogP contribution in [0.3, 0.4) is 0 Å². The third-order valence-electron chi connectivity index (χ3n) is 3.19. The van der Waals surface area contributed by atoms with Crippen LogP contribution in [0, 0.1) is 0 Å². The molecule has 1 N–H and O–H groups in total. The van der Waals surface area contributed by atoms with Crippen LogP contribution in [-0.4, -0.2) is 13.2 Å². The lowest BCUT2D eigenvalue weighted by atomic mass is 9.87. The third kappa shape index (κ3) is 2.38. The number of aryl methyl sites for hydroxylation is 1. The van der Waals surface area contributed by atoms with Crippen molar-refractivity contribution in [2.45, 2.75) is 39.2 Å². The van der Waals surface area contributed by atoms with Gasteiger partial charge in [-0.1, -0.05) is 13.0 Å². The molecule has 0 aliphatic heterocycles. The molecule has 16 heavy (non-hydrogen) atoms. The summed E-state index contributed by atoms with van der Waals surface area (Å²) in [7, 11) is 0. The summed E-state index contributed by atoms with van der Waals surface area (Å²) in [6, 6.07) is 7.08. The third-order valence-corrected chi connectivity index (χ3v) is 3.19. The fourth-order valence-corrected chi connectivity index (χ4v) is 2.51. The maximum absolute atomic E-state index is 5.55. The summed E-state index contributed by atoms with van der Waals surface area (Å²) in [6.45, 7) is 5.98. The van der Waals surface area contributed by atoms with Crippen LogP contribution in [0.25, 0.3) is 0 Å². The van der Waals surface area contributed by atoms with Crippen LogP contribution in [0.2, 0.25) is 0 Å². The average molecular weight is 219 g/mol. The van der Waals surface area contributed by atoms with Crippen LogP contribution >= 0.6 is 0 Å². The molecule has 1 aliphatic rings. The van der Waals surface area contributed by atoms with E-state index in [0.717, 1.165) is 18.9 Å². The first-order chi connectivity index (χ1) is 7.85. The summed E-state index contributed by atoms with van der Waals surface area (Å²) in [5.74, 6) is 1.01. The van der Waals surface area contributed by atoms with E-state index in [1.54, 1.807) is 0 Å². The van der Waals surface area contributed by atoms with Gasteiger partial charge in [-0.2, -0.15) is 0 Å². The minimum atomic E-state index is 0.546. The molecule has 0 radical (unpaired) electrons. The first-order valence-electron chi connectivity index (χ1n) is 6.34. The molecule has 1 aliphatic carbocycles. The molecule has 2 rings (SSSR count). The molecule has 1 atom stereocenters. The van der Waals surface area contributed by atoms with Crippen molar-refractivity contribution >= 4 is 0 Å². The number of benzene rings is 1. The zero-order chi connectivity index (χ0) is 11.4. The predicted molar refractivity (Wildman–Crippen MR) is 67.0 cm³/mol. The molecule has 0 aromatic heterocycles. The molecule has 1 aromatic rings. The van der Waals surface area contributed by atoms with Crippen LogP contribution in [0.4, 0.5) is 0 Å². The normalized spacial score (nSPS) is 19.2. The Hall–Kier alpha value is -1.02. The van der Waals surface area contributed by atoms with Gasteiger partial charge in [0.05, 0.1) is 6.61 Å². The second-order valence-corrected chi connectivity index (χ2v) is 4.30. The lowest BCUT2D eigenvalue weighted by molar-refractivity contribution is 0.339. The summed E-state index contributed by atoms with van der Waals surface area (Å²) >= 11 is 0. The molecule has 0 saturated carbocycles. The summed E-state index contributed by atoms with van der Waals surface area (Å²) in [6.07, 6.45) is 3.73. The van der Waals surface area contributed by atoms with Gasteiger partial charge in [-0.15, -0.1) is 0 Å². The summed E-state index contributed by atoms with van der Waals surface area (Å²) in [5.41, 5.74) is 2.93. The van der Waals surface area contributed by atoms with Crippen molar-refractivity contribution < 1.29 is 4.74 Å². The standard InChI is InChI=1S/C14H21NO/c1-3-15-14-7-5-6-11-10-12(16-4-2)8-9-13(11)14/h8-10,14-15H,3-7H2,1-2H3. The Kier molecular flexibility index (Phi) is 3.83. The van der Waals surface area contributed by atoms with Crippen LogP contribution in [0.5, 0.6) is 5.75 Å². The van der Waals surface area contributed by atoms with Gasteiger partial charge in [0, 0.05) is 6.04 Å². The van der Waals surface area contributed by atoms with Gasteiger partial charge in [-0.05, 0) is 56.0 Å². The maximum Gasteiger partial charge on any atom is 0.119 e. The molecule has 0 heterocycles. The van der Waals surface area contributed by atoms with Crippen LogP contribution in [0.1, 0.15) is 43.9 Å². The average Bonchev–Trinajstić information content (AvgIpc) is 2.30. The van der Waals surface area contributed by atoms with Crippen molar-refractivity contribution in [3.05, 3.63) is 29.3 Å². The summed E-state index contributed by atoms with van der Waals surface area (Å²) in [4.78, 5) is 0. The molecule has 0 fully saturated rings. The molecule has 1 unspecified atom stereocenters. The zero-order valence-corrected chi connectivity index (χ0v) is 10.3. The van der Waals surface area contributed by atoms with Gasteiger partial charge in [0.15, 0.2) is 0 Å². The number of hydrogen-bond donors (Lipinski definition) is 1. The molecule has 88 valence electrons. The SMILES string of the molecule is CCNC1CCCc2cc(OCC)ccc21. The van der Waals surface area contributed by atoms with Crippen molar-refractivity contribution in [3.8, 4) is 5.75 Å². The Labute approximate surface area is 98.0 Å². The molecule has 1 aromatic carbocycles. The van der Waals surface area contributed by atoms with E-state index in [2.05, 4.69) is 30.4 Å². The lowest BCUT2D eigenvalue weighted by Gasteiger charge is -2.26. The summed E-state index contributed by atoms with van der Waals surface area (Å²) in [5, 5.41) is 3.55. The zero-order valence-electron chi connectivity index (χ0n) is 10.3. The van der Waals surface area contributed by atoms with Gasteiger partial charge >= 0.3 is 0 Å². The molecule has 0 spiro atoms. The van der Waals surface area contributed by atoms with E-state index in [1.165, 1.54) is 30.4 Å². The smallest absolute Gasteiger partial charge is 0.119 e. The van der Waals surface area contributed by atoms with Gasteiger partial charge in [0.2, 0.25) is 0 Å². The van der Waals surface area contributed by atoms with Crippen LogP contribution < -0.4 is 10.1 Å². The number of ether oxygens (including phenoxy) is 1. The number of rotatable bonds is 4. The van der Waals surface area contributed by atoms with Crippen molar-refractivity contribution in [3.63, 3.8) is 0 Å². The van der Waals surface area contributed by atoms with Gasteiger partial charge in [0.25, 0.3) is 0 Å². The Morgan fingerprint density at radius 2 is 2.25 bits per heavy atom. The van der Waals surface area contributed by atoms with Crippen molar-refractivity contribution in [1.29, 1.82) is 0 Å². The van der Waals surface area contributed by atoms with E-state index in [4.69, 9.17) is 4.74 Å². The molecular formula is C14H21NO. The molecule has 2 heteroatoms. The largest absolute Gasteiger partial charge is 0.494 e. The lowest BCUT2D eigenvalue weighted by Crippen LogP contribution is -2.24. The minimum Gasteiger partial charge on any atom is -0.494 e. The highest BCUT2D eigenvalue weighted by molar-refractivity contribution is 5.39. The van der Waals surface area contributed by atoms with E-state index >= 15 is 0 Å². The first kappa shape index (κ1) is 11.5. The van der Waals surface area contributed by atoms with E-state index in [0.29, 0.717) is 6.04 Å². The van der Waals surface area contributed by atoms with Gasteiger partial charge in [0.1, 0.15) is 5.75 Å². The van der Waals surface area contributed by atoms with E-state index in [-0.39, 0.29) is 0 Å².